The van der Waals surface area contributed by atoms with E-state index in [2.05, 4.69) is 23.8 Å². The number of aliphatic imine (C=N–C) groups is 2. The SMILES string of the molecule is CCCCCCCCCCCCCCCCCCCCOc1ccc(C=Nc2ccc(C(=O)OCCCCCOC(=O)c3ccc(N=Cc4ccc(OCCCCCCCCCCCCCCCCCCCC)cc4O)cc3)cc2)c(O)c1. The number of aromatic hydroxyl groups is 2. The molecule has 0 saturated heterocycles. The summed E-state index contributed by atoms with van der Waals surface area (Å²) in [6.45, 7) is 6.34. The Morgan fingerprint density at radius 1 is 0.337 bits per heavy atom. The van der Waals surface area contributed by atoms with Gasteiger partial charge in [-0.3, -0.25) is 9.98 Å². The second-order valence-corrected chi connectivity index (χ2v) is 23.1. The molecule has 4 aromatic rings. The molecule has 0 radical (unpaired) electrons. The van der Waals surface area contributed by atoms with Gasteiger partial charge >= 0.3 is 11.9 Å². The van der Waals surface area contributed by atoms with Gasteiger partial charge in [-0.1, -0.05) is 232 Å². The Kier molecular flexibility index (Phi) is 40.1. The van der Waals surface area contributed by atoms with E-state index < -0.39 is 11.9 Å². The Labute approximate surface area is 503 Å². The fourth-order valence-corrected chi connectivity index (χ4v) is 10.4. The zero-order chi connectivity index (χ0) is 58.9. The number of hydrogen-bond acceptors (Lipinski definition) is 10. The number of nitrogens with zero attached hydrogens (tertiary/aromatic N) is 2. The van der Waals surface area contributed by atoms with Crippen LogP contribution < -0.4 is 9.47 Å². The van der Waals surface area contributed by atoms with Crippen LogP contribution >= 0.6 is 0 Å². The summed E-state index contributed by atoms with van der Waals surface area (Å²) in [6, 6.07) is 24.2. The van der Waals surface area contributed by atoms with E-state index in [0.717, 1.165) is 32.1 Å². The van der Waals surface area contributed by atoms with E-state index in [1.807, 2.05) is 12.1 Å². The molecule has 4 aromatic carbocycles. The summed E-state index contributed by atoms with van der Waals surface area (Å²) < 4.78 is 22.8. The van der Waals surface area contributed by atoms with Crippen molar-refractivity contribution in [3.8, 4) is 23.0 Å². The van der Waals surface area contributed by atoms with Crippen molar-refractivity contribution in [1.29, 1.82) is 0 Å². The van der Waals surface area contributed by atoms with Gasteiger partial charge in [0.05, 0.1) is 48.9 Å². The van der Waals surface area contributed by atoms with E-state index in [1.54, 1.807) is 85.2 Å². The molecule has 10 nitrogen and oxygen atoms in total. The number of benzene rings is 4. The number of carbonyl (C=O) groups excluding carboxylic acids is 2. The molecule has 10 heteroatoms. The van der Waals surface area contributed by atoms with Crippen molar-refractivity contribution < 1.29 is 38.7 Å². The quantitative estimate of drug-likeness (QED) is 0.0253. The Balaban J connectivity index is 0.957. The van der Waals surface area contributed by atoms with Gasteiger partial charge in [-0.15, -0.1) is 0 Å². The number of esters is 2. The number of carbonyl (C=O) groups is 2. The zero-order valence-electron chi connectivity index (χ0n) is 51.9. The topological polar surface area (TPSA) is 136 Å². The lowest BCUT2D eigenvalue weighted by atomic mass is 10.0. The van der Waals surface area contributed by atoms with Crippen molar-refractivity contribution in [3.63, 3.8) is 0 Å². The second kappa shape index (κ2) is 47.7. The molecule has 460 valence electrons. The van der Waals surface area contributed by atoms with Crippen LogP contribution in [0.5, 0.6) is 23.0 Å². The van der Waals surface area contributed by atoms with Gasteiger partial charge in [0.1, 0.15) is 23.0 Å². The van der Waals surface area contributed by atoms with Gasteiger partial charge in [-0.05, 0) is 105 Å². The molecular formula is C73H110N2O8. The first-order chi connectivity index (χ1) is 40.9. The van der Waals surface area contributed by atoms with Crippen LogP contribution in [0.4, 0.5) is 11.4 Å². The molecule has 0 fully saturated rings. The second-order valence-electron chi connectivity index (χ2n) is 23.1. The van der Waals surface area contributed by atoms with E-state index in [-0.39, 0.29) is 24.7 Å². The maximum Gasteiger partial charge on any atom is 0.338 e. The molecule has 4 rings (SSSR count). The van der Waals surface area contributed by atoms with E-state index in [0.29, 0.717) is 71.2 Å². The zero-order valence-corrected chi connectivity index (χ0v) is 51.9. The third-order valence-electron chi connectivity index (χ3n) is 15.7. The summed E-state index contributed by atoms with van der Waals surface area (Å²) in [6.07, 6.45) is 53.7. The van der Waals surface area contributed by atoms with Crippen LogP contribution in [0.1, 0.15) is 296 Å². The monoisotopic (exact) mass is 1140 g/mol. The largest absolute Gasteiger partial charge is 0.507 e. The highest BCUT2D eigenvalue weighted by Gasteiger charge is 2.10. The highest BCUT2D eigenvalue weighted by atomic mass is 16.5. The number of rotatable bonds is 52. The molecule has 0 bridgehead atoms. The maximum atomic E-state index is 12.7. The van der Waals surface area contributed by atoms with Crippen LogP contribution in [0, 0.1) is 0 Å². The summed E-state index contributed by atoms with van der Waals surface area (Å²) >= 11 is 0. The number of hydrogen-bond donors (Lipinski definition) is 2. The fourth-order valence-electron chi connectivity index (χ4n) is 10.4. The number of ether oxygens (including phenoxy) is 4. The Bertz CT molecular complexity index is 2150. The molecule has 0 unspecified atom stereocenters. The normalized spacial score (nSPS) is 11.5. The van der Waals surface area contributed by atoms with Crippen LogP contribution in [-0.2, 0) is 9.47 Å². The van der Waals surface area contributed by atoms with E-state index in [9.17, 15) is 19.8 Å². The molecule has 2 N–H and O–H groups in total. The van der Waals surface area contributed by atoms with Crippen molar-refractivity contribution in [2.24, 2.45) is 9.98 Å². The predicted molar refractivity (Wildman–Crippen MR) is 347 cm³/mol. The molecule has 0 heterocycles. The molecule has 0 atom stereocenters. The van der Waals surface area contributed by atoms with E-state index in [4.69, 9.17) is 18.9 Å². The number of unbranched alkanes of at least 4 members (excludes halogenated alkanes) is 36. The fraction of sp³-hybridized carbons (Fsp3) is 0.616. The van der Waals surface area contributed by atoms with Crippen LogP contribution in [0.15, 0.2) is 94.9 Å². The van der Waals surface area contributed by atoms with E-state index in [1.165, 1.54) is 205 Å². The summed E-state index contributed by atoms with van der Waals surface area (Å²) in [7, 11) is 0. The van der Waals surface area contributed by atoms with Crippen molar-refractivity contribution in [2.45, 2.75) is 264 Å². The van der Waals surface area contributed by atoms with Crippen LogP contribution in [-0.4, -0.2) is 61.0 Å². The Hall–Kier alpha value is -5.64. The van der Waals surface area contributed by atoms with Gasteiger partial charge in [-0.25, -0.2) is 9.59 Å². The third kappa shape index (κ3) is 34.7. The molecule has 0 aliphatic carbocycles. The molecular weight excluding hydrogens is 1030 g/mol. The van der Waals surface area contributed by atoms with E-state index >= 15 is 0 Å². The number of phenolic OH excluding ortho intramolecular Hbond substituents is 2. The van der Waals surface area contributed by atoms with Gasteiger partial charge in [-0.2, -0.15) is 0 Å². The lowest BCUT2D eigenvalue weighted by Crippen LogP contribution is -2.08. The molecule has 0 aliphatic rings. The maximum absolute atomic E-state index is 12.7. The minimum Gasteiger partial charge on any atom is -0.507 e. The Morgan fingerprint density at radius 3 is 0.867 bits per heavy atom. The standard InChI is InChI=1S/C73H110N2O8/c1-3-5-7-9-11-13-15-17-19-21-23-25-27-29-31-33-35-38-54-80-68-52-46-64(70(76)58-68)60-74-66-48-42-62(43-49-66)72(78)82-56-40-37-41-57-83-73(79)63-44-50-67(51-45-63)75-61-65-47-53-69(59-71(65)77)81-55-39-36-34-32-30-28-26-24-22-20-18-16-14-12-10-8-6-4-2/h42-53,58-61,76-77H,3-41,54-57H2,1-2H3. The third-order valence-corrected chi connectivity index (χ3v) is 15.7. The molecule has 0 aliphatic heterocycles. The van der Waals surface area contributed by atoms with Gasteiger partial charge in [0, 0.05) is 35.7 Å². The molecule has 0 amide bonds. The van der Waals surface area contributed by atoms with Gasteiger partial charge in [0.25, 0.3) is 0 Å². The smallest absolute Gasteiger partial charge is 0.338 e. The predicted octanol–water partition coefficient (Wildman–Crippen LogP) is 21.6. The van der Waals surface area contributed by atoms with Crippen LogP contribution in [0.2, 0.25) is 0 Å². The van der Waals surface area contributed by atoms with Crippen LogP contribution in [0.25, 0.3) is 0 Å². The lowest BCUT2D eigenvalue weighted by Gasteiger charge is -2.08. The average Bonchev–Trinajstić information content (AvgIpc) is 3.57. The minimum absolute atomic E-state index is 0.0991. The highest BCUT2D eigenvalue weighted by Crippen LogP contribution is 2.26. The summed E-state index contributed by atoms with van der Waals surface area (Å²) in [4.78, 5) is 34.3. The molecule has 83 heavy (non-hydrogen) atoms. The highest BCUT2D eigenvalue weighted by molar-refractivity contribution is 5.91. The first kappa shape index (κ1) is 69.9. The van der Waals surface area contributed by atoms with Crippen molar-refractivity contribution in [1.82, 2.24) is 0 Å². The Morgan fingerprint density at radius 2 is 0.590 bits per heavy atom. The summed E-state index contributed by atoms with van der Waals surface area (Å²) in [5, 5.41) is 21.3. The molecule has 0 saturated carbocycles. The lowest BCUT2D eigenvalue weighted by molar-refractivity contribution is 0.0478. The first-order valence-corrected chi connectivity index (χ1v) is 33.4. The summed E-state index contributed by atoms with van der Waals surface area (Å²) in [5.41, 5.74) is 3.27. The van der Waals surface area contributed by atoms with Crippen LogP contribution in [0.3, 0.4) is 0 Å². The van der Waals surface area contributed by atoms with Crippen molar-refractivity contribution >= 4 is 35.7 Å². The summed E-state index contributed by atoms with van der Waals surface area (Å²) in [5.74, 6) is 0.651. The van der Waals surface area contributed by atoms with Gasteiger partial charge < -0.3 is 29.2 Å². The van der Waals surface area contributed by atoms with Crippen molar-refractivity contribution in [2.75, 3.05) is 26.4 Å². The number of phenols is 2. The van der Waals surface area contributed by atoms with Gasteiger partial charge in [0.2, 0.25) is 0 Å². The van der Waals surface area contributed by atoms with Crippen molar-refractivity contribution in [3.05, 3.63) is 107 Å². The minimum atomic E-state index is -0.418. The first-order valence-electron chi connectivity index (χ1n) is 33.4. The molecule has 0 spiro atoms. The van der Waals surface area contributed by atoms with Gasteiger partial charge in [0.15, 0.2) is 0 Å². The average molecular weight is 1140 g/mol. The molecule has 0 aromatic heterocycles.